The largest absolute Gasteiger partial charge is 0.505 e. The van der Waals surface area contributed by atoms with E-state index in [-0.39, 0.29) is 94.1 Å². The molecule has 0 spiro atoms. The molecule has 0 amide bonds. The highest BCUT2D eigenvalue weighted by Crippen LogP contribution is 2.40. The molecule has 26 heteroatoms. The average molecular weight is 964 g/mol. The van der Waals surface area contributed by atoms with Gasteiger partial charge in [-0.3, -0.25) is 28.5 Å². The third kappa shape index (κ3) is 16.0. The highest BCUT2D eigenvalue weighted by atomic mass is 31.2. The molecule has 0 aliphatic carbocycles. The van der Waals surface area contributed by atoms with E-state index in [1.165, 1.54) is 50.0 Å². The third-order valence-corrected chi connectivity index (χ3v) is 11.0. The fraction of sp³-hybridized carbons (Fsp3) is 0.447. The molecule has 64 heavy (non-hydrogen) atoms. The normalized spacial score (nSPS) is 20.0. The van der Waals surface area contributed by atoms with Crippen molar-refractivity contribution in [2.75, 3.05) is 33.5 Å². The number of methoxy groups -OCH3 is 1. The molecule has 3 aromatic rings. The van der Waals surface area contributed by atoms with E-state index >= 15 is 0 Å². The molecule has 1 fully saturated rings. The Morgan fingerprint density at radius 3 is 1.33 bits per heavy atom. The van der Waals surface area contributed by atoms with Crippen molar-refractivity contribution in [2.45, 2.75) is 72.1 Å². The van der Waals surface area contributed by atoms with Crippen LogP contribution in [0.2, 0.25) is 0 Å². The van der Waals surface area contributed by atoms with E-state index in [0.29, 0.717) is 0 Å². The van der Waals surface area contributed by atoms with Crippen LogP contribution in [-0.2, 0) is 70.8 Å². The van der Waals surface area contributed by atoms with Gasteiger partial charge in [0.15, 0.2) is 6.29 Å². The predicted octanol–water partition coefficient (Wildman–Crippen LogP) is 3.98. The number of rotatable bonds is 23. The molecule has 354 valence electrons. The summed E-state index contributed by atoms with van der Waals surface area (Å²) in [4.78, 5) is 67.2. The average Bonchev–Trinajstić information content (AvgIpc) is 3.21. The van der Waals surface area contributed by atoms with Gasteiger partial charge < -0.3 is 68.4 Å². The number of hydrogen-bond acceptors (Lipinski definition) is 17. The fourth-order valence-electron chi connectivity index (χ4n) is 6.24. The first-order valence-corrected chi connectivity index (χ1v) is 23.7. The Morgan fingerprint density at radius 2 is 0.969 bits per heavy atom. The van der Waals surface area contributed by atoms with Crippen molar-refractivity contribution in [3.8, 4) is 17.2 Å². The molecule has 4 rings (SSSR count). The van der Waals surface area contributed by atoms with Crippen molar-refractivity contribution in [2.24, 2.45) is 5.92 Å². The number of aromatic hydroxyl groups is 3. The summed E-state index contributed by atoms with van der Waals surface area (Å²) in [5, 5.41) is 32.1. The Balaban J connectivity index is 1.54. The van der Waals surface area contributed by atoms with Crippen molar-refractivity contribution >= 4 is 41.7 Å². The zero-order chi connectivity index (χ0) is 47.4. The number of aryl methyl sites for hydroxylation is 3. The van der Waals surface area contributed by atoms with Gasteiger partial charge in [-0.05, 0) is 20.8 Å². The van der Waals surface area contributed by atoms with Crippen LogP contribution in [0, 0.1) is 26.7 Å². The van der Waals surface area contributed by atoms with E-state index in [0.717, 1.165) is 0 Å². The minimum Gasteiger partial charge on any atom is -0.505 e. The van der Waals surface area contributed by atoms with Gasteiger partial charge in [0.25, 0.3) is 0 Å². The maximum Gasteiger partial charge on any atom is 0.469 e. The van der Waals surface area contributed by atoms with Crippen LogP contribution in [-0.4, -0.2) is 118 Å². The molecule has 5 atom stereocenters. The molecule has 3 aromatic heterocycles. The fourth-order valence-corrected chi connectivity index (χ4v) is 7.17. The maximum absolute atomic E-state index is 11.4. The second kappa shape index (κ2) is 23.6. The summed E-state index contributed by atoms with van der Waals surface area (Å²) in [6.07, 6.45) is 9.66. The summed E-state index contributed by atoms with van der Waals surface area (Å²) in [7, 11) is -13.1. The summed E-state index contributed by atoms with van der Waals surface area (Å²) in [5.41, 5.74) is 1.95. The van der Waals surface area contributed by atoms with Crippen molar-refractivity contribution in [1.29, 1.82) is 0 Å². The topological polar surface area (TPSA) is 346 Å². The summed E-state index contributed by atoms with van der Waals surface area (Å²) >= 11 is 0. The SMILES string of the molecule is CO[C@@H]1OC(COC/C=C/c2c(COP(=O)(O)O)cnc(C)c2O)[C@@H](C)[C@H](OC/C=C/c2c(COP(=O)(O)O)cnc(C)c2O)C1OC/C=C/c1c(COP(=O)(O)O)cnc(C)c1O. The van der Waals surface area contributed by atoms with E-state index in [2.05, 4.69) is 28.5 Å². The van der Waals surface area contributed by atoms with Crippen LogP contribution in [0.4, 0.5) is 0 Å². The first-order valence-electron chi connectivity index (χ1n) is 19.1. The summed E-state index contributed by atoms with van der Waals surface area (Å²) in [5.74, 6) is -1.17. The van der Waals surface area contributed by atoms with E-state index < -0.39 is 73.8 Å². The molecule has 0 saturated carbocycles. The second-order valence-electron chi connectivity index (χ2n) is 14.2. The van der Waals surface area contributed by atoms with Crippen molar-refractivity contribution in [1.82, 2.24) is 15.0 Å². The molecule has 2 unspecified atom stereocenters. The Hall–Kier alpha value is -3.80. The zero-order valence-corrected chi connectivity index (χ0v) is 37.9. The molecule has 1 aliphatic heterocycles. The lowest BCUT2D eigenvalue weighted by atomic mass is 9.90. The minimum absolute atomic E-state index is 0.00353. The van der Waals surface area contributed by atoms with Crippen molar-refractivity contribution in [3.05, 3.63) is 87.3 Å². The number of aromatic nitrogens is 3. The van der Waals surface area contributed by atoms with Gasteiger partial charge in [-0.15, -0.1) is 0 Å². The molecule has 0 radical (unpaired) electrons. The first kappa shape index (κ1) is 52.8. The molecular weight excluding hydrogens is 911 g/mol. The predicted molar refractivity (Wildman–Crippen MR) is 225 cm³/mol. The van der Waals surface area contributed by atoms with E-state index in [4.69, 9.17) is 33.5 Å². The minimum atomic E-state index is -4.85. The second-order valence-corrected chi connectivity index (χ2v) is 17.9. The lowest BCUT2D eigenvalue weighted by molar-refractivity contribution is -0.295. The standard InChI is InChI=1S/C38H52N3O20P3/c1-22-32(21-55-12-6-9-29-26(18-58-62(45,46)47)15-39-23(2)33(29)42)61-38(54-5)37(57-14-8-11-31-28(20-60-64(51,52)53)17-41-25(4)35(31)44)36(22)56-13-7-10-30-27(19-59-63(48,49)50)16-40-24(3)34(30)43/h6-11,15-17,22,32,36-38,42-44H,12-14,18-21H2,1-5H3,(H2,45,46,47)(H2,48,49,50)(H2,51,52,53)/b9-6+,10-7+,11-8+/t22-,32?,36+,37?,38-/m1/s1. The number of hydrogen-bond donors (Lipinski definition) is 9. The molecule has 0 aromatic carbocycles. The molecule has 1 saturated heterocycles. The van der Waals surface area contributed by atoms with E-state index in [1.807, 2.05) is 6.92 Å². The van der Waals surface area contributed by atoms with E-state index in [1.54, 1.807) is 32.9 Å². The van der Waals surface area contributed by atoms with Gasteiger partial charge in [0, 0.05) is 65.0 Å². The summed E-state index contributed by atoms with van der Waals surface area (Å²) in [6, 6.07) is 0. The van der Waals surface area contributed by atoms with Crippen LogP contribution in [0.1, 0.15) is 57.4 Å². The van der Waals surface area contributed by atoms with Crippen LogP contribution in [0.15, 0.2) is 36.8 Å². The Morgan fingerprint density at radius 1 is 0.609 bits per heavy atom. The van der Waals surface area contributed by atoms with Crippen LogP contribution >= 0.6 is 23.5 Å². The molecule has 1 aliphatic rings. The Labute approximate surface area is 367 Å². The van der Waals surface area contributed by atoms with E-state index in [9.17, 15) is 48.6 Å². The van der Waals surface area contributed by atoms with Crippen LogP contribution in [0.25, 0.3) is 18.2 Å². The zero-order valence-electron chi connectivity index (χ0n) is 35.2. The smallest absolute Gasteiger partial charge is 0.469 e. The van der Waals surface area contributed by atoms with Gasteiger partial charge in [-0.25, -0.2) is 13.7 Å². The Bertz CT molecular complexity index is 2290. The Kier molecular flexibility index (Phi) is 19.5. The van der Waals surface area contributed by atoms with Crippen molar-refractivity contribution < 1.29 is 95.6 Å². The lowest BCUT2D eigenvalue weighted by Crippen LogP contribution is -2.57. The number of ether oxygens (including phenoxy) is 5. The highest BCUT2D eigenvalue weighted by Gasteiger charge is 2.45. The highest BCUT2D eigenvalue weighted by molar-refractivity contribution is 7.46. The number of phosphoric acid groups is 3. The first-order chi connectivity index (χ1) is 30.0. The van der Waals surface area contributed by atoms with Gasteiger partial charge in [0.05, 0.1) is 75.5 Å². The summed E-state index contributed by atoms with van der Waals surface area (Å²) < 4.78 is 78.3. The molecule has 0 bridgehead atoms. The molecule has 23 nitrogen and oxygen atoms in total. The van der Waals surface area contributed by atoms with Crippen molar-refractivity contribution in [3.63, 3.8) is 0 Å². The monoisotopic (exact) mass is 963 g/mol. The van der Waals surface area contributed by atoms with Gasteiger partial charge in [-0.2, -0.15) is 0 Å². The maximum atomic E-state index is 11.4. The lowest BCUT2D eigenvalue weighted by Gasteiger charge is -2.44. The van der Waals surface area contributed by atoms with Crippen LogP contribution < -0.4 is 0 Å². The van der Waals surface area contributed by atoms with Gasteiger partial charge >= 0.3 is 23.5 Å². The third-order valence-electron chi connectivity index (χ3n) is 9.60. The van der Waals surface area contributed by atoms with Gasteiger partial charge in [-0.1, -0.05) is 43.4 Å². The molecular formula is C38H52N3O20P3. The molecule has 4 heterocycles. The van der Waals surface area contributed by atoms with Gasteiger partial charge in [0.1, 0.15) is 23.4 Å². The van der Waals surface area contributed by atoms with Crippen LogP contribution in [0.5, 0.6) is 17.2 Å². The molecule has 9 N–H and O–H groups in total. The number of phosphoric ester groups is 3. The quantitative estimate of drug-likeness (QED) is 0.0479. The number of pyridine rings is 3. The summed E-state index contributed by atoms with van der Waals surface area (Å²) in [6.45, 7) is 4.61. The van der Waals surface area contributed by atoms with Gasteiger partial charge in [0.2, 0.25) is 0 Å². The number of nitrogens with zero attached hydrogens (tertiary/aromatic N) is 3. The van der Waals surface area contributed by atoms with Crippen LogP contribution in [0.3, 0.4) is 0 Å².